The minimum absolute atomic E-state index is 0. The molecule has 0 fully saturated rings. The van der Waals surface area contributed by atoms with Crippen LogP contribution in [0, 0.1) is 0 Å². The molecular weight excluding hydrogens is 322 g/mol. The Morgan fingerprint density at radius 2 is 1.93 bits per heavy atom. The maximum atomic E-state index is 11.2. The van der Waals surface area contributed by atoms with E-state index in [4.69, 9.17) is 9.63 Å². The molecule has 4 nitrogen and oxygen atoms in total. The summed E-state index contributed by atoms with van der Waals surface area (Å²) in [6.07, 6.45) is -0.0956. The summed E-state index contributed by atoms with van der Waals surface area (Å²) >= 11 is 0. The molecule has 6 heteroatoms. The van der Waals surface area contributed by atoms with Gasteiger partial charge in [-0.05, 0) is 16.7 Å². The topological polar surface area (TPSA) is 63.6 Å². The Hall–Kier alpha value is -0.611. The van der Waals surface area contributed by atoms with Gasteiger partial charge in [-0.15, -0.1) is 0 Å². The molecular formula is C9H12O4PSn+. The Balaban J connectivity index is 0.00000196. The first kappa shape index (κ1) is 14.4. The molecule has 0 saturated carbocycles. The number of aliphatic carboxylic acids is 1. The average molecular weight is 334 g/mol. The molecule has 0 saturated heterocycles. The van der Waals surface area contributed by atoms with E-state index in [-0.39, 0.29) is 36.5 Å². The third kappa shape index (κ3) is 6.47. The van der Waals surface area contributed by atoms with Gasteiger partial charge in [0, 0.05) is 0 Å². The van der Waals surface area contributed by atoms with Crippen LogP contribution >= 0.6 is 8.03 Å². The first-order chi connectivity index (χ1) is 6.68. The molecule has 1 rings (SSSR count). The Morgan fingerprint density at radius 3 is 2.47 bits per heavy atom. The van der Waals surface area contributed by atoms with E-state index in [1.807, 2.05) is 6.07 Å². The van der Waals surface area contributed by atoms with Gasteiger partial charge >= 0.3 is 37.9 Å². The summed E-state index contributed by atoms with van der Waals surface area (Å²) in [7, 11) is -1.92. The van der Waals surface area contributed by atoms with Crippen LogP contribution in [0.2, 0.25) is 0 Å². The molecule has 2 radical (unpaired) electrons. The quantitative estimate of drug-likeness (QED) is 0.653. The van der Waals surface area contributed by atoms with Gasteiger partial charge in [0.25, 0.3) is 0 Å². The van der Waals surface area contributed by atoms with Crippen LogP contribution in [0.5, 0.6) is 5.75 Å². The summed E-state index contributed by atoms with van der Waals surface area (Å²) in [5.41, 5.74) is 0. The van der Waals surface area contributed by atoms with Gasteiger partial charge in [-0.1, -0.05) is 18.2 Å². The van der Waals surface area contributed by atoms with Crippen molar-refractivity contribution in [3.05, 3.63) is 30.3 Å². The molecule has 0 heterocycles. The van der Waals surface area contributed by atoms with Crippen molar-refractivity contribution in [2.24, 2.45) is 0 Å². The first-order valence-electron chi connectivity index (χ1n) is 4.08. The number of carboxylic acid groups (broad SMARTS) is 1. The zero-order valence-electron chi connectivity index (χ0n) is 8.13. The second kappa shape index (κ2) is 7.65. The van der Waals surface area contributed by atoms with E-state index >= 15 is 0 Å². The molecule has 0 aliphatic heterocycles. The fourth-order valence-corrected chi connectivity index (χ4v) is 1.65. The van der Waals surface area contributed by atoms with Crippen LogP contribution < -0.4 is 4.52 Å². The Morgan fingerprint density at radius 1 is 1.33 bits per heavy atom. The Bertz CT molecular complexity index is 328. The maximum absolute atomic E-state index is 11.2. The first-order valence-corrected chi connectivity index (χ1v) is 5.44. The molecule has 0 amide bonds. The zero-order valence-corrected chi connectivity index (χ0v) is 13.1. The van der Waals surface area contributed by atoms with Crippen LogP contribution in [0.25, 0.3) is 0 Å². The van der Waals surface area contributed by atoms with Crippen molar-refractivity contribution in [2.75, 3.05) is 6.16 Å². The van der Waals surface area contributed by atoms with Crippen LogP contribution in [0.15, 0.2) is 30.3 Å². The fraction of sp³-hybridized carbons (Fsp3) is 0.222. The average Bonchev–Trinajstić information content (AvgIpc) is 2.16. The minimum atomic E-state index is -1.92. The summed E-state index contributed by atoms with van der Waals surface area (Å²) in [6.45, 7) is 0. The third-order valence-electron chi connectivity index (χ3n) is 1.46. The molecule has 0 bridgehead atoms. The van der Waals surface area contributed by atoms with Crippen molar-refractivity contribution in [3.63, 3.8) is 0 Å². The van der Waals surface area contributed by atoms with Gasteiger partial charge in [0.05, 0.1) is 6.42 Å². The summed E-state index contributed by atoms with van der Waals surface area (Å²) in [6, 6.07) is 8.69. The number of hydrogen-bond donors (Lipinski definition) is 1. The molecule has 0 aliphatic rings. The van der Waals surface area contributed by atoms with Crippen LogP contribution in [-0.2, 0) is 9.36 Å². The van der Waals surface area contributed by atoms with Crippen molar-refractivity contribution in [1.29, 1.82) is 0 Å². The predicted molar refractivity (Wildman–Crippen MR) is 60.3 cm³/mol. The van der Waals surface area contributed by atoms with Crippen LogP contribution in [0.3, 0.4) is 0 Å². The molecule has 0 aliphatic carbocycles. The number of hydrogen-bond acceptors (Lipinski definition) is 3. The molecule has 0 spiro atoms. The molecule has 1 unspecified atom stereocenters. The summed E-state index contributed by atoms with van der Waals surface area (Å²) in [4.78, 5) is 10.2. The van der Waals surface area contributed by atoms with E-state index in [0.29, 0.717) is 5.75 Å². The van der Waals surface area contributed by atoms with E-state index in [9.17, 15) is 9.36 Å². The molecule has 1 atom stereocenters. The van der Waals surface area contributed by atoms with E-state index in [0.717, 1.165) is 0 Å². The van der Waals surface area contributed by atoms with Gasteiger partial charge in [-0.3, -0.25) is 9.32 Å². The van der Waals surface area contributed by atoms with E-state index in [1.165, 1.54) is 0 Å². The number of carbonyl (C=O) groups is 1. The van der Waals surface area contributed by atoms with Crippen molar-refractivity contribution < 1.29 is 19.0 Å². The number of carboxylic acids is 1. The van der Waals surface area contributed by atoms with Gasteiger partial charge < -0.3 is 5.11 Å². The molecule has 0 aromatic heterocycles. The van der Waals surface area contributed by atoms with Gasteiger partial charge in [0.15, 0.2) is 11.9 Å². The number of para-hydroxylation sites is 1. The van der Waals surface area contributed by atoms with Crippen molar-refractivity contribution in [3.8, 4) is 5.75 Å². The number of rotatable bonds is 5. The van der Waals surface area contributed by atoms with Crippen molar-refractivity contribution >= 4 is 37.9 Å². The van der Waals surface area contributed by atoms with E-state index in [1.54, 1.807) is 24.3 Å². The normalized spacial score (nSPS) is 10.0. The summed E-state index contributed by atoms with van der Waals surface area (Å²) in [5.74, 6) is -0.469. The third-order valence-corrected chi connectivity index (χ3v) is 2.46. The monoisotopic (exact) mass is 335 g/mol. The van der Waals surface area contributed by atoms with Crippen molar-refractivity contribution in [2.45, 2.75) is 6.42 Å². The van der Waals surface area contributed by atoms with Gasteiger partial charge in [0.2, 0.25) is 0 Å². The second-order valence-electron chi connectivity index (χ2n) is 2.60. The standard InChI is InChI=1S/C9H9O4P.Sn.2H/c10-9(11)6-7-14(12)13-8-4-2-1-3-5-8;;;/h1-5H,6-7H2;;;/p+1. The van der Waals surface area contributed by atoms with Gasteiger partial charge in [0.1, 0.15) is 0 Å². The molecule has 80 valence electrons. The van der Waals surface area contributed by atoms with E-state index < -0.39 is 14.0 Å². The Kier molecular flexibility index (Phi) is 7.34. The Labute approximate surface area is 105 Å². The second-order valence-corrected chi connectivity index (χ2v) is 3.90. The fourth-order valence-electron chi connectivity index (χ4n) is 0.831. The molecule has 15 heavy (non-hydrogen) atoms. The predicted octanol–water partition coefficient (Wildman–Crippen LogP) is 1.37. The van der Waals surface area contributed by atoms with Crippen LogP contribution in [-0.4, -0.2) is 41.1 Å². The zero-order chi connectivity index (χ0) is 10.4. The van der Waals surface area contributed by atoms with Gasteiger partial charge in [-0.2, -0.15) is 0 Å². The molecule has 1 N–H and O–H groups in total. The van der Waals surface area contributed by atoms with E-state index in [2.05, 4.69) is 0 Å². The molecule has 1 aromatic rings. The van der Waals surface area contributed by atoms with Crippen LogP contribution in [0.4, 0.5) is 0 Å². The summed E-state index contributed by atoms with van der Waals surface area (Å²) < 4.78 is 16.2. The summed E-state index contributed by atoms with van der Waals surface area (Å²) in [5, 5.41) is 8.34. The van der Waals surface area contributed by atoms with Gasteiger partial charge in [-0.25, -0.2) is 0 Å². The molecule has 1 aromatic carbocycles. The van der Waals surface area contributed by atoms with Crippen molar-refractivity contribution in [1.82, 2.24) is 0 Å². The SMILES string of the molecule is O=C(O)CC[P+](=O)Oc1ccccc1.[SnH2]. The number of benzene rings is 1. The van der Waals surface area contributed by atoms with Crippen LogP contribution in [0.1, 0.15) is 6.42 Å².